The molecule has 0 atom stereocenters. The minimum absolute atomic E-state index is 0.00242. The van der Waals surface area contributed by atoms with Crippen LogP contribution in [-0.2, 0) is 16.6 Å². The molecule has 10 heteroatoms. The SMILES string of the molecule is CN(Cc1ccc(C(=O)NCC(F)(F)F)cc1)S(=O)(=O)c1ccccc1F. The number of carbonyl (C=O) groups excluding carboxylic acids is 1. The van der Waals surface area contributed by atoms with Gasteiger partial charge in [0, 0.05) is 19.2 Å². The van der Waals surface area contributed by atoms with Crippen LogP contribution in [0.3, 0.4) is 0 Å². The molecule has 0 spiro atoms. The lowest BCUT2D eigenvalue weighted by molar-refractivity contribution is -0.123. The van der Waals surface area contributed by atoms with Gasteiger partial charge in [-0.1, -0.05) is 24.3 Å². The lowest BCUT2D eigenvalue weighted by Crippen LogP contribution is -2.33. The van der Waals surface area contributed by atoms with Gasteiger partial charge in [0.1, 0.15) is 17.3 Å². The molecule has 0 aromatic heterocycles. The Morgan fingerprint density at radius 2 is 1.67 bits per heavy atom. The molecule has 0 saturated heterocycles. The second kappa shape index (κ2) is 8.05. The largest absolute Gasteiger partial charge is 0.405 e. The zero-order valence-electron chi connectivity index (χ0n) is 14.1. The minimum Gasteiger partial charge on any atom is -0.343 e. The summed E-state index contributed by atoms with van der Waals surface area (Å²) < 4.78 is 75.9. The second-order valence-corrected chi connectivity index (χ2v) is 7.70. The molecule has 146 valence electrons. The zero-order valence-corrected chi connectivity index (χ0v) is 14.9. The lowest BCUT2D eigenvalue weighted by atomic mass is 10.1. The van der Waals surface area contributed by atoms with Crippen LogP contribution in [0.15, 0.2) is 53.4 Å². The summed E-state index contributed by atoms with van der Waals surface area (Å²) in [6, 6.07) is 10.3. The third kappa shape index (κ3) is 5.51. The molecule has 0 radical (unpaired) electrons. The van der Waals surface area contributed by atoms with Gasteiger partial charge >= 0.3 is 6.18 Å². The zero-order chi connectivity index (χ0) is 20.2. The van der Waals surface area contributed by atoms with Crippen LogP contribution in [-0.4, -0.2) is 38.4 Å². The van der Waals surface area contributed by atoms with E-state index in [0.717, 1.165) is 16.4 Å². The third-order valence-electron chi connectivity index (χ3n) is 3.60. The van der Waals surface area contributed by atoms with Crippen molar-refractivity contribution in [3.63, 3.8) is 0 Å². The number of amides is 1. The number of rotatable bonds is 6. The first-order chi connectivity index (χ1) is 12.5. The Morgan fingerprint density at radius 1 is 1.07 bits per heavy atom. The molecule has 0 unspecified atom stereocenters. The Labute approximate surface area is 153 Å². The van der Waals surface area contributed by atoms with Crippen LogP contribution < -0.4 is 5.32 Å². The summed E-state index contributed by atoms with van der Waals surface area (Å²) in [6.45, 7) is -1.56. The van der Waals surface area contributed by atoms with E-state index in [-0.39, 0.29) is 12.1 Å². The highest BCUT2D eigenvalue weighted by Crippen LogP contribution is 2.20. The number of benzene rings is 2. The van der Waals surface area contributed by atoms with Crippen LogP contribution in [0.2, 0.25) is 0 Å². The van der Waals surface area contributed by atoms with Crippen molar-refractivity contribution in [1.82, 2.24) is 9.62 Å². The fourth-order valence-corrected chi connectivity index (χ4v) is 3.43. The van der Waals surface area contributed by atoms with Crippen LogP contribution in [0, 0.1) is 5.82 Å². The number of halogens is 4. The van der Waals surface area contributed by atoms with E-state index in [1.807, 2.05) is 0 Å². The van der Waals surface area contributed by atoms with E-state index in [2.05, 4.69) is 0 Å². The fraction of sp³-hybridized carbons (Fsp3) is 0.235. The lowest BCUT2D eigenvalue weighted by Gasteiger charge is -2.18. The van der Waals surface area contributed by atoms with Crippen molar-refractivity contribution in [3.8, 4) is 0 Å². The smallest absolute Gasteiger partial charge is 0.343 e. The predicted molar refractivity (Wildman–Crippen MR) is 89.9 cm³/mol. The normalized spacial score (nSPS) is 12.2. The molecular formula is C17H16F4N2O3S. The first-order valence-electron chi connectivity index (χ1n) is 7.65. The van der Waals surface area contributed by atoms with Crippen LogP contribution in [0.5, 0.6) is 0 Å². The van der Waals surface area contributed by atoms with Gasteiger partial charge in [0.05, 0.1) is 0 Å². The molecule has 0 heterocycles. The summed E-state index contributed by atoms with van der Waals surface area (Å²) in [6.07, 6.45) is -4.51. The first-order valence-corrected chi connectivity index (χ1v) is 9.09. The van der Waals surface area contributed by atoms with Crippen molar-refractivity contribution < 1.29 is 30.8 Å². The van der Waals surface area contributed by atoms with Gasteiger partial charge < -0.3 is 5.32 Å². The maximum atomic E-state index is 13.8. The molecule has 0 saturated carbocycles. The van der Waals surface area contributed by atoms with Crippen molar-refractivity contribution in [1.29, 1.82) is 0 Å². The van der Waals surface area contributed by atoms with Gasteiger partial charge in [-0.15, -0.1) is 0 Å². The van der Waals surface area contributed by atoms with Crippen LogP contribution in [0.4, 0.5) is 17.6 Å². The molecule has 0 aliphatic carbocycles. The van der Waals surface area contributed by atoms with Gasteiger partial charge in [0.15, 0.2) is 0 Å². The molecule has 0 aliphatic heterocycles. The number of sulfonamides is 1. The summed E-state index contributed by atoms with van der Waals surface area (Å²) in [5.74, 6) is -1.77. The summed E-state index contributed by atoms with van der Waals surface area (Å²) in [7, 11) is -2.80. The van der Waals surface area contributed by atoms with E-state index in [1.165, 1.54) is 43.4 Å². The topological polar surface area (TPSA) is 66.5 Å². The van der Waals surface area contributed by atoms with Gasteiger partial charge in [-0.25, -0.2) is 12.8 Å². The molecule has 1 amide bonds. The number of nitrogens with one attached hydrogen (secondary N) is 1. The Kier molecular flexibility index (Phi) is 6.22. The van der Waals surface area contributed by atoms with Crippen molar-refractivity contribution in [2.24, 2.45) is 0 Å². The van der Waals surface area contributed by atoms with Gasteiger partial charge in [-0.2, -0.15) is 17.5 Å². The quantitative estimate of drug-likeness (QED) is 0.753. The summed E-state index contributed by atoms with van der Waals surface area (Å²) in [5.41, 5.74) is 0.479. The molecule has 0 fully saturated rings. The van der Waals surface area contributed by atoms with Gasteiger partial charge in [-0.05, 0) is 29.8 Å². The molecule has 2 aromatic carbocycles. The Balaban J connectivity index is 2.08. The molecule has 0 aliphatic rings. The highest BCUT2D eigenvalue weighted by molar-refractivity contribution is 7.89. The highest BCUT2D eigenvalue weighted by atomic mass is 32.2. The maximum absolute atomic E-state index is 13.8. The van der Waals surface area contributed by atoms with Crippen LogP contribution >= 0.6 is 0 Å². The standard InChI is InChI=1S/C17H16F4N2O3S/c1-23(27(25,26)15-5-3-2-4-14(15)18)10-12-6-8-13(9-7-12)16(24)22-11-17(19,20)21/h2-9H,10-11H2,1H3,(H,22,24). The minimum atomic E-state index is -4.51. The molecule has 0 bridgehead atoms. The predicted octanol–water partition coefficient (Wildman–Crippen LogP) is 2.94. The number of carbonyl (C=O) groups is 1. The van der Waals surface area contributed by atoms with Crippen molar-refractivity contribution in [2.45, 2.75) is 17.6 Å². The van der Waals surface area contributed by atoms with E-state index >= 15 is 0 Å². The van der Waals surface area contributed by atoms with Crippen molar-refractivity contribution >= 4 is 15.9 Å². The number of alkyl halides is 3. The molecule has 27 heavy (non-hydrogen) atoms. The Bertz CT molecular complexity index is 913. The number of hydrogen-bond donors (Lipinski definition) is 1. The van der Waals surface area contributed by atoms with Gasteiger partial charge in [0.25, 0.3) is 5.91 Å². The van der Waals surface area contributed by atoms with E-state index in [0.29, 0.717) is 5.56 Å². The van der Waals surface area contributed by atoms with Gasteiger partial charge in [-0.3, -0.25) is 4.79 Å². The molecule has 2 aromatic rings. The number of hydrogen-bond acceptors (Lipinski definition) is 3. The van der Waals surface area contributed by atoms with E-state index < -0.39 is 39.4 Å². The van der Waals surface area contributed by atoms with Crippen molar-refractivity contribution in [2.75, 3.05) is 13.6 Å². The summed E-state index contributed by atoms with van der Waals surface area (Å²) in [5, 5.41) is 1.74. The highest BCUT2D eigenvalue weighted by Gasteiger charge is 2.28. The van der Waals surface area contributed by atoms with Crippen LogP contribution in [0.25, 0.3) is 0 Å². The molecule has 1 N–H and O–H groups in total. The van der Waals surface area contributed by atoms with E-state index in [9.17, 15) is 30.8 Å². The Morgan fingerprint density at radius 3 is 2.22 bits per heavy atom. The molecular weight excluding hydrogens is 388 g/mol. The molecule has 5 nitrogen and oxygen atoms in total. The molecule has 2 rings (SSSR count). The van der Waals surface area contributed by atoms with E-state index in [1.54, 1.807) is 5.32 Å². The average molecular weight is 404 g/mol. The average Bonchev–Trinajstić information content (AvgIpc) is 2.60. The first kappa shape index (κ1) is 20.8. The summed E-state index contributed by atoms with van der Waals surface area (Å²) >= 11 is 0. The van der Waals surface area contributed by atoms with Crippen molar-refractivity contribution in [3.05, 3.63) is 65.5 Å². The second-order valence-electron chi connectivity index (χ2n) is 5.69. The van der Waals surface area contributed by atoms with Gasteiger partial charge in [0.2, 0.25) is 10.0 Å². The maximum Gasteiger partial charge on any atom is 0.405 e. The fourth-order valence-electron chi connectivity index (χ4n) is 2.21. The third-order valence-corrected chi connectivity index (χ3v) is 5.43. The monoisotopic (exact) mass is 404 g/mol. The van der Waals surface area contributed by atoms with Crippen LogP contribution in [0.1, 0.15) is 15.9 Å². The Hall–Kier alpha value is -2.46. The van der Waals surface area contributed by atoms with E-state index in [4.69, 9.17) is 0 Å². The summed E-state index contributed by atoms with van der Waals surface area (Å²) in [4.78, 5) is 11.2. The number of nitrogens with zero attached hydrogens (tertiary/aromatic N) is 1.